The summed E-state index contributed by atoms with van der Waals surface area (Å²) < 4.78 is 0. The van der Waals surface area contributed by atoms with Crippen molar-refractivity contribution in [1.29, 1.82) is 0 Å². The van der Waals surface area contributed by atoms with Gasteiger partial charge in [-0.2, -0.15) is 0 Å². The summed E-state index contributed by atoms with van der Waals surface area (Å²) in [5, 5.41) is 24.1. The third kappa shape index (κ3) is 7.24. The van der Waals surface area contributed by atoms with Gasteiger partial charge in [0.05, 0.1) is 6.42 Å². The first kappa shape index (κ1) is 15.9. The number of hydrogen-bond acceptors (Lipinski definition) is 4. The van der Waals surface area contributed by atoms with Crippen LogP contribution in [0.4, 0.5) is 5.69 Å². The van der Waals surface area contributed by atoms with Gasteiger partial charge < -0.3 is 20.2 Å². The van der Waals surface area contributed by atoms with Gasteiger partial charge in [0.1, 0.15) is 0 Å². The molecule has 0 amide bonds. The van der Waals surface area contributed by atoms with Crippen LogP contribution in [-0.2, 0) is 9.59 Å². The maximum atomic E-state index is 9.72. The van der Waals surface area contributed by atoms with Crippen LogP contribution in [-0.4, -0.2) is 47.5 Å². The third-order valence-electron chi connectivity index (χ3n) is 1.93. The topological polar surface area (TPSA) is 98.1 Å². The summed E-state index contributed by atoms with van der Waals surface area (Å²) in [7, 11) is 4.07. The van der Waals surface area contributed by atoms with Crippen LogP contribution in [0.1, 0.15) is 6.42 Å². The first-order chi connectivity index (χ1) is 8.34. The number of para-hydroxylation sites is 1. The molecule has 3 N–H and O–H groups in total. The van der Waals surface area contributed by atoms with E-state index < -0.39 is 24.5 Å². The summed E-state index contributed by atoms with van der Waals surface area (Å²) in [6.45, 7) is 0. The Morgan fingerprint density at radius 3 is 1.89 bits per heavy atom. The Morgan fingerprint density at radius 1 is 1.17 bits per heavy atom. The number of aliphatic carboxylic acids is 2. The van der Waals surface area contributed by atoms with Crippen molar-refractivity contribution >= 4 is 17.6 Å². The molecule has 1 atom stereocenters. The van der Waals surface area contributed by atoms with Gasteiger partial charge in [-0.3, -0.25) is 4.79 Å². The number of carbonyl (C=O) groups is 2. The first-order valence-corrected chi connectivity index (χ1v) is 5.19. The molecule has 0 aliphatic rings. The molecule has 0 radical (unpaired) electrons. The smallest absolute Gasteiger partial charge is 0.333 e. The lowest BCUT2D eigenvalue weighted by atomic mass is 10.3. The molecule has 0 saturated carbocycles. The monoisotopic (exact) mass is 255 g/mol. The van der Waals surface area contributed by atoms with E-state index in [1.165, 1.54) is 5.69 Å². The number of nitrogens with zero attached hydrogens (tertiary/aromatic N) is 1. The van der Waals surface area contributed by atoms with E-state index in [2.05, 4.69) is 17.0 Å². The fourth-order valence-electron chi connectivity index (χ4n) is 0.979. The van der Waals surface area contributed by atoms with E-state index in [9.17, 15) is 9.59 Å². The summed E-state index contributed by atoms with van der Waals surface area (Å²) >= 11 is 0. The quantitative estimate of drug-likeness (QED) is 0.731. The number of benzene rings is 1. The molecule has 1 rings (SSSR count). The summed E-state index contributed by atoms with van der Waals surface area (Å²) in [4.78, 5) is 21.5. The van der Waals surface area contributed by atoms with Crippen LogP contribution >= 0.6 is 0 Å². The first-order valence-electron chi connectivity index (χ1n) is 5.19. The average molecular weight is 255 g/mol. The minimum Gasteiger partial charge on any atom is -0.481 e. The van der Waals surface area contributed by atoms with Crippen LogP contribution in [0.5, 0.6) is 0 Å². The molecule has 0 heterocycles. The molecule has 1 aromatic rings. The van der Waals surface area contributed by atoms with Crippen molar-refractivity contribution in [3.63, 3.8) is 0 Å². The molecule has 0 aromatic heterocycles. The highest BCUT2D eigenvalue weighted by molar-refractivity contribution is 5.79. The Hall–Kier alpha value is -2.08. The number of anilines is 1. The molecule has 6 nitrogen and oxygen atoms in total. The second-order valence-electron chi connectivity index (χ2n) is 3.68. The third-order valence-corrected chi connectivity index (χ3v) is 1.93. The summed E-state index contributed by atoms with van der Waals surface area (Å²) in [6.07, 6.45) is -2.54. The summed E-state index contributed by atoms with van der Waals surface area (Å²) in [5.41, 5.74) is 1.25. The van der Waals surface area contributed by atoms with Crippen LogP contribution < -0.4 is 4.90 Å². The fraction of sp³-hybridized carbons (Fsp3) is 0.333. The standard InChI is InChI=1S/C8H11N.C4H6O5/c1-9(2)8-6-4-3-5-7-8;5-2(4(8)9)1-3(6)7/h3-7H,1-2H3;2,5H,1H2,(H,6,7)(H,8,9). The maximum Gasteiger partial charge on any atom is 0.333 e. The Morgan fingerprint density at radius 2 is 1.67 bits per heavy atom. The molecule has 6 heteroatoms. The predicted octanol–water partition coefficient (Wildman–Crippen LogP) is 0.659. The van der Waals surface area contributed by atoms with Crippen LogP contribution in [0.25, 0.3) is 0 Å². The SMILES string of the molecule is CN(C)c1ccccc1.O=C(O)CC(O)C(=O)O. The Labute approximate surface area is 105 Å². The van der Waals surface area contributed by atoms with Crippen molar-refractivity contribution in [3.8, 4) is 0 Å². The Bertz CT molecular complexity index is 377. The van der Waals surface area contributed by atoms with Crippen LogP contribution in [0, 0.1) is 0 Å². The van der Waals surface area contributed by atoms with E-state index in [1.807, 2.05) is 32.3 Å². The van der Waals surface area contributed by atoms with Crippen molar-refractivity contribution < 1.29 is 24.9 Å². The van der Waals surface area contributed by atoms with Crippen LogP contribution in [0.2, 0.25) is 0 Å². The normalized spacial score (nSPS) is 10.8. The van der Waals surface area contributed by atoms with E-state index in [0.29, 0.717) is 0 Å². The van der Waals surface area contributed by atoms with E-state index >= 15 is 0 Å². The van der Waals surface area contributed by atoms with Gasteiger partial charge >= 0.3 is 11.9 Å². The van der Waals surface area contributed by atoms with Gasteiger partial charge in [0.15, 0.2) is 6.10 Å². The van der Waals surface area contributed by atoms with Gasteiger partial charge in [-0.1, -0.05) is 18.2 Å². The minimum atomic E-state index is -1.79. The molecule has 0 aliphatic heterocycles. The van der Waals surface area contributed by atoms with E-state index in [1.54, 1.807) is 0 Å². The highest BCUT2D eigenvalue weighted by Gasteiger charge is 2.16. The van der Waals surface area contributed by atoms with Crippen molar-refractivity contribution in [2.45, 2.75) is 12.5 Å². The lowest BCUT2D eigenvalue weighted by molar-refractivity contribution is -0.152. The van der Waals surface area contributed by atoms with Gasteiger partial charge in [-0.15, -0.1) is 0 Å². The highest BCUT2D eigenvalue weighted by Crippen LogP contribution is 2.07. The fourth-order valence-corrected chi connectivity index (χ4v) is 0.979. The average Bonchev–Trinajstić information content (AvgIpc) is 2.30. The van der Waals surface area contributed by atoms with Crippen molar-refractivity contribution in [1.82, 2.24) is 0 Å². The Kier molecular flexibility index (Phi) is 7.14. The Balaban J connectivity index is 0.000000321. The van der Waals surface area contributed by atoms with Gasteiger partial charge in [0.2, 0.25) is 0 Å². The number of carboxylic acids is 2. The van der Waals surface area contributed by atoms with Crippen LogP contribution in [0.15, 0.2) is 30.3 Å². The van der Waals surface area contributed by atoms with Crippen molar-refractivity contribution in [2.75, 3.05) is 19.0 Å². The molecule has 18 heavy (non-hydrogen) atoms. The minimum absolute atomic E-state index is 0.755. The molecule has 1 unspecified atom stereocenters. The molecule has 0 aliphatic carbocycles. The molecule has 100 valence electrons. The van der Waals surface area contributed by atoms with Crippen LogP contribution in [0.3, 0.4) is 0 Å². The largest absolute Gasteiger partial charge is 0.481 e. The zero-order chi connectivity index (χ0) is 14.1. The zero-order valence-electron chi connectivity index (χ0n) is 10.3. The summed E-state index contributed by atoms with van der Waals surface area (Å²) in [6, 6.07) is 10.3. The van der Waals surface area contributed by atoms with E-state index in [0.717, 1.165) is 0 Å². The molecule has 0 fully saturated rings. The van der Waals surface area contributed by atoms with Gasteiger partial charge in [0.25, 0.3) is 0 Å². The molecular weight excluding hydrogens is 238 g/mol. The highest BCUT2D eigenvalue weighted by atomic mass is 16.4. The predicted molar refractivity (Wildman–Crippen MR) is 66.7 cm³/mol. The van der Waals surface area contributed by atoms with Gasteiger partial charge in [-0.05, 0) is 12.1 Å². The van der Waals surface area contributed by atoms with Crippen molar-refractivity contribution in [2.24, 2.45) is 0 Å². The van der Waals surface area contributed by atoms with Crippen molar-refractivity contribution in [3.05, 3.63) is 30.3 Å². The van der Waals surface area contributed by atoms with E-state index in [-0.39, 0.29) is 0 Å². The molecular formula is C12H17NO5. The van der Waals surface area contributed by atoms with Gasteiger partial charge in [0, 0.05) is 19.8 Å². The number of aliphatic hydroxyl groups excluding tert-OH is 1. The maximum absolute atomic E-state index is 9.72. The second kappa shape index (κ2) is 8.08. The van der Waals surface area contributed by atoms with Gasteiger partial charge in [-0.25, -0.2) is 4.79 Å². The summed E-state index contributed by atoms with van der Waals surface area (Å²) in [5.74, 6) is -2.85. The lowest BCUT2D eigenvalue weighted by Crippen LogP contribution is -2.22. The zero-order valence-corrected chi connectivity index (χ0v) is 10.3. The molecule has 0 bridgehead atoms. The molecule has 0 spiro atoms. The number of hydrogen-bond donors (Lipinski definition) is 3. The molecule has 1 aromatic carbocycles. The lowest BCUT2D eigenvalue weighted by Gasteiger charge is -2.10. The molecule has 0 saturated heterocycles. The second-order valence-corrected chi connectivity index (χ2v) is 3.68. The number of rotatable bonds is 4. The number of carboxylic acid groups (broad SMARTS) is 2. The van der Waals surface area contributed by atoms with E-state index in [4.69, 9.17) is 15.3 Å². The number of aliphatic hydroxyl groups is 1.